The van der Waals surface area contributed by atoms with Crippen molar-refractivity contribution < 1.29 is 4.74 Å². The lowest BCUT2D eigenvalue weighted by atomic mass is 10.2. The summed E-state index contributed by atoms with van der Waals surface area (Å²) >= 11 is 0. The Kier molecular flexibility index (Phi) is 4.39. The van der Waals surface area contributed by atoms with Crippen molar-refractivity contribution in [3.05, 3.63) is 41.9 Å². The molecule has 1 saturated heterocycles. The van der Waals surface area contributed by atoms with Crippen LogP contribution in [0.15, 0.2) is 30.5 Å². The maximum Gasteiger partial charge on any atom is 0.130 e. The van der Waals surface area contributed by atoms with E-state index >= 15 is 0 Å². The molecule has 2 aromatic heterocycles. The molecule has 0 atom stereocenters. The molecule has 22 heavy (non-hydrogen) atoms. The summed E-state index contributed by atoms with van der Waals surface area (Å²) in [6.07, 6.45) is 1.71. The average molecular weight is 299 g/mol. The number of hydrogen-bond acceptors (Lipinski definition) is 6. The van der Waals surface area contributed by atoms with Crippen LogP contribution >= 0.6 is 0 Å². The van der Waals surface area contributed by atoms with Gasteiger partial charge in [0.25, 0.3) is 0 Å². The van der Waals surface area contributed by atoms with Gasteiger partial charge in [-0.2, -0.15) is 0 Å². The van der Waals surface area contributed by atoms with Gasteiger partial charge in [0.05, 0.1) is 43.0 Å². The zero-order valence-corrected chi connectivity index (χ0v) is 12.7. The largest absolute Gasteiger partial charge is 0.396 e. The number of morpholine rings is 1. The van der Waals surface area contributed by atoms with Gasteiger partial charge in [0.1, 0.15) is 5.82 Å². The lowest BCUT2D eigenvalue weighted by molar-refractivity contribution is 0.122. The Balaban J connectivity index is 1.72. The van der Waals surface area contributed by atoms with Gasteiger partial charge < -0.3 is 20.7 Å². The lowest BCUT2D eigenvalue weighted by Gasteiger charge is -2.28. The van der Waals surface area contributed by atoms with Crippen molar-refractivity contribution >= 4 is 17.2 Å². The standard InChI is InChI=1S/C16H21N5O/c1-12-3-2-4-13(20-12)10-18-15-9-16(19-11-14(15)17)21-5-7-22-8-6-21/h2-4,9,11H,5-8,10,17H2,1H3,(H,18,19). The van der Waals surface area contributed by atoms with Crippen LogP contribution in [0.4, 0.5) is 17.2 Å². The van der Waals surface area contributed by atoms with Crippen molar-refractivity contribution in [2.45, 2.75) is 13.5 Å². The Morgan fingerprint density at radius 2 is 2.14 bits per heavy atom. The predicted octanol–water partition coefficient (Wildman–Crippen LogP) is 1.82. The summed E-state index contributed by atoms with van der Waals surface area (Å²) in [6.45, 7) is 5.81. The zero-order chi connectivity index (χ0) is 15.4. The molecule has 0 saturated carbocycles. The van der Waals surface area contributed by atoms with Gasteiger partial charge >= 0.3 is 0 Å². The molecule has 1 aliphatic heterocycles. The summed E-state index contributed by atoms with van der Waals surface area (Å²) in [5.41, 5.74) is 9.56. The molecule has 0 aromatic carbocycles. The molecule has 0 spiro atoms. The van der Waals surface area contributed by atoms with Gasteiger partial charge in [0.15, 0.2) is 0 Å². The number of nitrogens with one attached hydrogen (secondary N) is 1. The third-order valence-electron chi connectivity index (χ3n) is 3.66. The second-order valence-electron chi connectivity index (χ2n) is 5.35. The molecular formula is C16H21N5O. The fraction of sp³-hybridized carbons (Fsp3) is 0.375. The Bertz CT molecular complexity index is 640. The van der Waals surface area contributed by atoms with E-state index in [4.69, 9.17) is 10.5 Å². The van der Waals surface area contributed by atoms with Gasteiger partial charge in [0.2, 0.25) is 0 Å². The molecule has 3 heterocycles. The van der Waals surface area contributed by atoms with Crippen molar-refractivity contribution in [2.24, 2.45) is 0 Å². The van der Waals surface area contributed by atoms with Crippen LogP contribution in [-0.4, -0.2) is 36.3 Å². The van der Waals surface area contributed by atoms with E-state index in [1.807, 2.05) is 31.2 Å². The normalized spacial score (nSPS) is 14.9. The summed E-state index contributed by atoms with van der Waals surface area (Å²) in [4.78, 5) is 11.1. The van der Waals surface area contributed by atoms with Crippen LogP contribution in [-0.2, 0) is 11.3 Å². The molecule has 2 aromatic rings. The topological polar surface area (TPSA) is 76.3 Å². The molecular weight excluding hydrogens is 278 g/mol. The first kappa shape index (κ1) is 14.6. The number of rotatable bonds is 4. The molecule has 0 radical (unpaired) electrons. The van der Waals surface area contributed by atoms with Crippen molar-refractivity contribution in [2.75, 3.05) is 42.3 Å². The Morgan fingerprint density at radius 1 is 1.32 bits per heavy atom. The molecule has 6 heteroatoms. The number of anilines is 3. The van der Waals surface area contributed by atoms with Crippen LogP contribution in [0.5, 0.6) is 0 Å². The first-order chi connectivity index (χ1) is 10.7. The second kappa shape index (κ2) is 6.62. The molecule has 3 rings (SSSR count). The van der Waals surface area contributed by atoms with E-state index < -0.39 is 0 Å². The molecule has 0 amide bonds. The molecule has 0 aliphatic carbocycles. The number of nitrogens with zero attached hydrogens (tertiary/aromatic N) is 3. The SMILES string of the molecule is Cc1cccc(CNc2cc(N3CCOCC3)ncc2N)n1. The van der Waals surface area contributed by atoms with E-state index in [1.165, 1.54) is 0 Å². The summed E-state index contributed by atoms with van der Waals surface area (Å²) in [6, 6.07) is 7.99. The van der Waals surface area contributed by atoms with Gasteiger partial charge in [-0.05, 0) is 19.1 Å². The van der Waals surface area contributed by atoms with E-state index in [1.54, 1.807) is 6.20 Å². The summed E-state index contributed by atoms with van der Waals surface area (Å²) in [7, 11) is 0. The van der Waals surface area contributed by atoms with Crippen LogP contribution < -0.4 is 16.0 Å². The second-order valence-corrected chi connectivity index (χ2v) is 5.35. The van der Waals surface area contributed by atoms with Crippen LogP contribution in [0.3, 0.4) is 0 Å². The minimum atomic E-state index is 0.637. The highest BCUT2D eigenvalue weighted by atomic mass is 16.5. The predicted molar refractivity (Wildman–Crippen MR) is 88.0 cm³/mol. The van der Waals surface area contributed by atoms with Crippen molar-refractivity contribution in [1.82, 2.24) is 9.97 Å². The van der Waals surface area contributed by atoms with Crippen LogP contribution in [0.2, 0.25) is 0 Å². The fourth-order valence-electron chi connectivity index (χ4n) is 2.46. The fourth-order valence-corrected chi connectivity index (χ4v) is 2.46. The van der Waals surface area contributed by atoms with Crippen molar-refractivity contribution in [3.63, 3.8) is 0 Å². The van der Waals surface area contributed by atoms with Crippen LogP contribution in [0.1, 0.15) is 11.4 Å². The van der Waals surface area contributed by atoms with Gasteiger partial charge in [-0.3, -0.25) is 4.98 Å². The lowest BCUT2D eigenvalue weighted by Crippen LogP contribution is -2.36. The highest BCUT2D eigenvalue weighted by Gasteiger charge is 2.13. The quantitative estimate of drug-likeness (QED) is 0.897. The van der Waals surface area contributed by atoms with Gasteiger partial charge in [-0.1, -0.05) is 6.07 Å². The Morgan fingerprint density at radius 3 is 2.91 bits per heavy atom. The third-order valence-corrected chi connectivity index (χ3v) is 3.66. The summed E-state index contributed by atoms with van der Waals surface area (Å²) in [5.74, 6) is 0.928. The summed E-state index contributed by atoms with van der Waals surface area (Å²) in [5, 5.41) is 3.35. The maximum atomic E-state index is 6.02. The Hall–Kier alpha value is -2.34. The zero-order valence-electron chi connectivity index (χ0n) is 12.7. The number of nitrogen functional groups attached to an aromatic ring is 1. The maximum absolute atomic E-state index is 6.02. The first-order valence-corrected chi connectivity index (χ1v) is 7.47. The third kappa shape index (κ3) is 3.46. The number of nitrogens with two attached hydrogens (primary N) is 1. The van der Waals surface area contributed by atoms with Crippen molar-refractivity contribution in [3.8, 4) is 0 Å². The average Bonchev–Trinajstić information content (AvgIpc) is 2.55. The van der Waals surface area contributed by atoms with E-state index in [9.17, 15) is 0 Å². The smallest absolute Gasteiger partial charge is 0.130 e. The first-order valence-electron chi connectivity index (χ1n) is 7.47. The van der Waals surface area contributed by atoms with E-state index in [2.05, 4.69) is 20.2 Å². The monoisotopic (exact) mass is 299 g/mol. The van der Waals surface area contributed by atoms with E-state index in [-0.39, 0.29) is 0 Å². The number of aromatic nitrogens is 2. The van der Waals surface area contributed by atoms with Gasteiger partial charge in [0, 0.05) is 24.8 Å². The van der Waals surface area contributed by atoms with Crippen LogP contribution in [0, 0.1) is 6.92 Å². The molecule has 6 nitrogen and oxygen atoms in total. The number of pyridine rings is 2. The highest BCUT2D eigenvalue weighted by Crippen LogP contribution is 2.24. The molecule has 0 bridgehead atoms. The van der Waals surface area contributed by atoms with Gasteiger partial charge in [-0.25, -0.2) is 4.98 Å². The van der Waals surface area contributed by atoms with Crippen LogP contribution in [0.25, 0.3) is 0 Å². The molecule has 1 aliphatic rings. The highest BCUT2D eigenvalue weighted by molar-refractivity contribution is 5.69. The van der Waals surface area contributed by atoms with E-state index in [0.29, 0.717) is 12.2 Å². The summed E-state index contributed by atoms with van der Waals surface area (Å²) < 4.78 is 5.37. The van der Waals surface area contributed by atoms with E-state index in [0.717, 1.165) is 49.2 Å². The molecule has 0 unspecified atom stereocenters. The minimum Gasteiger partial charge on any atom is -0.396 e. The number of ether oxygens (including phenoxy) is 1. The molecule has 116 valence electrons. The number of hydrogen-bond donors (Lipinski definition) is 2. The van der Waals surface area contributed by atoms with Gasteiger partial charge in [-0.15, -0.1) is 0 Å². The molecule has 3 N–H and O–H groups in total. The Labute approximate surface area is 130 Å². The minimum absolute atomic E-state index is 0.637. The van der Waals surface area contributed by atoms with Crippen molar-refractivity contribution in [1.29, 1.82) is 0 Å². The number of aryl methyl sites for hydroxylation is 1. The molecule has 1 fully saturated rings.